The number of methoxy groups -OCH3 is 1. The minimum Gasteiger partial charge on any atom is -0.453 e. The molecule has 16 heteroatoms. The van der Waals surface area contributed by atoms with Crippen LogP contribution in [0.4, 0.5) is 4.79 Å². The van der Waals surface area contributed by atoms with Gasteiger partial charge >= 0.3 is 6.09 Å². The van der Waals surface area contributed by atoms with E-state index in [0.717, 1.165) is 82.7 Å². The van der Waals surface area contributed by atoms with Gasteiger partial charge in [-0.3, -0.25) is 14.6 Å². The van der Waals surface area contributed by atoms with Gasteiger partial charge in [0.2, 0.25) is 11.8 Å². The fourth-order valence-corrected chi connectivity index (χ4v) is 9.17. The molecule has 2 spiro atoms. The lowest BCUT2D eigenvalue weighted by molar-refractivity contribution is -0.137. The predicted molar refractivity (Wildman–Crippen MR) is 270 cm³/mol. The number of alkyl carbamates (subject to hydrolysis) is 1. The quantitative estimate of drug-likeness (QED) is 0.125. The Hall–Kier alpha value is -4.56. The van der Waals surface area contributed by atoms with Crippen LogP contribution in [0.15, 0.2) is 67.0 Å². The van der Waals surface area contributed by atoms with Gasteiger partial charge in [0.05, 0.1) is 41.6 Å². The van der Waals surface area contributed by atoms with Crippen LogP contribution in [0.5, 0.6) is 0 Å². The molecule has 3 amide bonds. The van der Waals surface area contributed by atoms with Crippen LogP contribution < -0.4 is 5.32 Å². The molecule has 342 valence electrons. The Balaban J connectivity index is 0.00000193. The minimum absolute atomic E-state index is 0. The second kappa shape index (κ2) is 19.9. The van der Waals surface area contributed by atoms with Gasteiger partial charge in [-0.25, -0.2) is 14.8 Å². The van der Waals surface area contributed by atoms with E-state index in [4.69, 9.17) is 14.7 Å². The van der Waals surface area contributed by atoms with Crippen molar-refractivity contribution in [2.75, 3.05) is 20.2 Å². The standard InChI is InChI=1S/C48H54N8O4.4H2S/c1-28(2)30(5)44(57)55-26-47(17-18-47)23-37(55)42-50-35-16-13-32(22-36(35)51-42)10-9-31-11-14-33(15-12-31)40-41(34-8-7-21-49-25-34)53-43(52-40)38-24-48(19-20-48)27-56(38)45(58)39(29(3)4)54-46(59)60-6;;;;/h7-8,11-16,21-22,25,28-30,37-39H,17-20,23-24,26-27H2,1-6H3,(H,50,51)(H,52,53)(H,54,59);4*1H2/t30-,37-,38-,39-;;;;/m0..../s1. The van der Waals surface area contributed by atoms with Crippen LogP contribution in [0, 0.1) is 40.4 Å². The zero-order valence-electron chi connectivity index (χ0n) is 37.3. The van der Waals surface area contributed by atoms with Crippen molar-refractivity contribution in [2.24, 2.45) is 28.6 Å². The maximum absolute atomic E-state index is 14.2. The normalized spacial score (nSPS) is 19.4. The van der Waals surface area contributed by atoms with E-state index in [1.807, 2.05) is 80.3 Å². The Morgan fingerprint density at radius 2 is 1.34 bits per heavy atom. The SMILES string of the molecule is COC(=O)N[C@H](C(=O)N1CC2(CC2)C[C@H]1c1nc(-c2cccnc2)c(-c2ccc(C#Cc3ccc4nc([C@@H]5CC6(CC6)CN5C(=O)[C@@H](C)C(C)C)[nH]c4c3)cc2)[nH]1)C(C)C.S.S.S.S. The number of pyridine rings is 1. The van der Waals surface area contributed by atoms with Gasteiger partial charge in [-0.05, 0) is 104 Å². The van der Waals surface area contributed by atoms with Gasteiger partial charge in [-0.2, -0.15) is 54.0 Å². The number of nitrogens with one attached hydrogen (secondary N) is 3. The summed E-state index contributed by atoms with van der Waals surface area (Å²) in [6.07, 6.45) is 9.17. The molecule has 9 rings (SSSR count). The number of amides is 3. The van der Waals surface area contributed by atoms with Crippen molar-refractivity contribution >= 4 is 82.9 Å². The van der Waals surface area contributed by atoms with Crippen molar-refractivity contribution < 1.29 is 19.1 Å². The number of carbonyl (C=O) groups excluding carboxylic acids is 3. The molecule has 5 heterocycles. The molecule has 12 nitrogen and oxygen atoms in total. The lowest BCUT2D eigenvalue weighted by Crippen LogP contribution is -2.51. The zero-order valence-corrected chi connectivity index (χ0v) is 41.3. The van der Waals surface area contributed by atoms with Crippen LogP contribution in [0.3, 0.4) is 0 Å². The first-order chi connectivity index (χ1) is 28.8. The number of imidazole rings is 2. The number of aromatic nitrogens is 5. The Morgan fingerprint density at radius 3 is 1.91 bits per heavy atom. The van der Waals surface area contributed by atoms with E-state index in [9.17, 15) is 14.4 Å². The Kier molecular flexibility index (Phi) is 15.7. The summed E-state index contributed by atoms with van der Waals surface area (Å²) in [6, 6.07) is 17.0. The van der Waals surface area contributed by atoms with E-state index in [0.29, 0.717) is 12.4 Å². The van der Waals surface area contributed by atoms with Crippen molar-refractivity contribution in [1.29, 1.82) is 0 Å². The maximum Gasteiger partial charge on any atom is 0.407 e. The number of hydrogen-bond acceptors (Lipinski definition) is 7. The summed E-state index contributed by atoms with van der Waals surface area (Å²) in [7, 11) is 1.31. The predicted octanol–water partition coefficient (Wildman–Crippen LogP) is 8.65. The van der Waals surface area contributed by atoms with Gasteiger partial charge in [0.15, 0.2) is 0 Å². The van der Waals surface area contributed by atoms with Gasteiger partial charge < -0.3 is 29.8 Å². The fraction of sp³-hybridized carbons (Fsp3) is 0.458. The molecule has 2 aliphatic heterocycles. The number of rotatable bonds is 9. The second-order valence-corrected chi connectivity index (χ2v) is 18.5. The molecule has 2 aliphatic carbocycles. The maximum atomic E-state index is 14.2. The van der Waals surface area contributed by atoms with E-state index in [-0.39, 0.29) is 106 Å². The van der Waals surface area contributed by atoms with E-state index in [2.05, 4.69) is 50.9 Å². The summed E-state index contributed by atoms with van der Waals surface area (Å²) < 4.78 is 4.86. The first-order valence-corrected chi connectivity index (χ1v) is 21.4. The van der Waals surface area contributed by atoms with E-state index >= 15 is 0 Å². The summed E-state index contributed by atoms with van der Waals surface area (Å²) in [5.41, 5.74) is 7.24. The highest BCUT2D eigenvalue weighted by atomic mass is 32.1. The first kappa shape index (κ1) is 50.4. The van der Waals surface area contributed by atoms with Crippen LogP contribution >= 0.6 is 54.0 Å². The second-order valence-electron chi connectivity index (χ2n) is 18.5. The first-order valence-electron chi connectivity index (χ1n) is 21.4. The highest BCUT2D eigenvalue weighted by Gasteiger charge is 2.56. The molecule has 5 aromatic rings. The summed E-state index contributed by atoms with van der Waals surface area (Å²) in [5, 5.41) is 2.77. The van der Waals surface area contributed by atoms with Crippen molar-refractivity contribution in [1.82, 2.24) is 40.0 Å². The van der Waals surface area contributed by atoms with Crippen LogP contribution in [-0.2, 0) is 14.3 Å². The Morgan fingerprint density at radius 1 is 0.750 bits per heavy atom. The number of ether oxygens (including phenoxy) is 1. The van der Waals surface area contributed by atoms with Crippen LogP contribution in [0.1, 0.15) is 108 Å². The van der Waals surface area contributed by atoms with Crippen LogP contribution in [0.2, 0.25) is 0 Å². The molecule has 64 heavy (non-hydrogen) atoms. The zero-order chi connectivity index (χ0) is 41.9. The number of aromatic amines is 2. The third kappa shape index (κ3) is 9.97. The molecule has 2 aromatic carbocycles. The smallest absolute Gasteiger partial charge is 0.407 e. The van der Waals surface area contributed by atoms with E-state index < -0.39 is 12.1 Å². The third-order valence-corrected chi connectivity index (χ3v) is 13.6. The molecular formula is C48H62N8O4S4. The minimum atomic E-state index is -0.721. The number of carbonyl (C=O) groups is 3. The van der Waals surface area contributed by atoms with Gasteiger partial charge in [0, 0.05) is 53.7 Å². The number of hydrogen-bond donors (Lipinski definition) is 3. The Labute approximate surface area is 404 Å². The Bertz CT molecular complexity index is 2520. The van der Waals surface area contributed by atoms with Gasteiger partial charge in [-0.1, -0.05) is 58.6 Å². The third-order valence-electron chi connectivity index (χ3n) is 13.6. The molecule has 4 fully saturated rings. The summed E-state index contributed by atoms with van der Waals surface area (Å²) in [5.74, 6) is 8.49. The number of likely N-dealkylation sites (tertiary alicyclic amines) is 2. The number of benzene rings is 2. The van der Waals surface area contributed by atoms with E-state index in [1.54, 1.807) is 12.4 Å². The summed E-state index contributed by atoms with van der Waals surface area (Å²) >= 11 is 0. The molecule has 2 saturated heterocycles. The van der Waals surface area contributed by atoms with Gasteiger partial charge in [0.25, 0.3) is 0 Å². The number of fused-ring (bicyclic) bond motifs is 1. The monoisotopic (exact) mass is 942 g/mol. The van der Waals surface area contributed by atoms with E-state index in [1.165, 1.54) is 20.0 Å². The molecule has 0 radical (unpaired) electrons. The van der Waals surface area contributed by atoms with Gasteiger partial charge in [-0.15, -0.1) is 0 Å². The summed E-state index contributed by atoms with van der Waals surface area (Å²) in [4.78, 5) is 65.7. The van der Waals surface area contributed by atoms with Crippen LogP contribution in [-0.4, -0.2) is 78.9 Å². The van der Waals surface area contributed by atoms with Crippen molar-refractivity contribution in [3.05, 3.63) is 89.8 Å². The number of H-pyrrole nitrogens is 2. The lowest BCUT2D eigenvalue weighted by atomic mass is 9.96. The number of nitrogens with zero attached hydrogens (tertiary/aromatic N) is 5. The molecule has 2 saturated carbocycles. The highest BCUT2D eigenvalue weighted by molar-refractivity contribution is 7.59. The fourth-order valence-electron chi connectivity index (χ4n) is 9.17. The van der Waals surface area contributed by atoms with Gasteiger partial charge in [0.1, 0.15) is 17.7 Å². The molecule has 4 aliphatic rings. The average molecular weight is 943 g/mol. The molecular weight excluding hydrogens is 881 g/mol. The molecule has 0 unspecified atom stereocenters. The van der Waals surface area contributed by atoms with Crippen molar-refractivity contribution in [3.63, 3.8) is 0 Å². The highest BCUT2D eigenvalue weighted by Crippen LogP contribution is 2.59. The molecule has 0 bridgehead atoms. The molecule has 3 N–H and O–H groups in total. The topological polar surface area (TPSA) is 149 Å². The van der Waals surface area contributed by atoms with Crippen molar-refractivity contribution in [2.45, 2.75) is 91.3 Å². The largest absolute Gasteiger partial charge is 0.453 e. The lowest BCUT2D eigenvalue weighted by Gasteiger charge is -2.30. The van der Waals surface area contributed by atoms with Crippen molar-refractivity contribution in [3.8, 4) is 34.4 Å². The average Bonchev–Trinajstić information content (AvgIpc) is 3.90. The molecule has 3 aromatic heterocycles. The van der Waals surface area contributed by atoms with Crippen LogP contribution in [0.25, 0.3) is 33.5 Å². The summed E-state index contributed by atoms with van der Waals surface area (Å²) in [6.45, 7) is 11.6. The molecule has 4 atom stereocenters.